The third-order valence-electron chi connectivity index (χ3n) is 4.62. The van der Waals surface area contributed by atoms with Crippen molar-refractivity contribution in [2.75, 3.05) is 13.2 Å². The molecule has 5 N–H and O–H groups in total. The van der Waals surface area contributed by atoms with Crippen molar-refractivity contribution in [3.8, 4) is 0 Å². The lowest BCUT2D eigenvalue weighted by atomic mass is 10.0. The van der Waals surface area contributed by atoms with E-state index in [1.165, 1.54) is 64.2 Å². The summed E-state index contributed by atoms with van der Waals surface area (Å²) in [4.78, 5) is 31.7. The molecule has 1 aliphatic heterocycles. The van der Waals surface area contributed by atoms with E-state index >= 15 is 0 Å². The largest absolute Gasteiger partial charge is 0.606 e. The van der Waals surface area contributed by atoms with Crippen LogP contribution in [0.2, 0.25) is 0 Å². The van der Waals surface area contributed by atoms with E-state index in [-0.39, 0.29) is 25.3 Å². The first-order valence-corrected chi connectivity index (χ1v) is 11.8. The van der Waals surface area contributed by atoms with Crippen molar-refractivity contribution in [2.45, 2.75) is 103 Å². The number of phosphoric ester groups is 1. The minimum Gasteiger partial charge on any atom is -0.606 e. The number of hydrogen-bond acceptors (Lipinski definition) is 6. The molecule has 0 spiro atoms. The molecule has 1 fully saturated rings. The highest BCUT2D eigenvalue weighted by Crippen LogP contribution is 2.53. The number of ether oxygens (including phenoxy) is 1. The van der Waals surface area contributed by atoms with E-state index in [2.05, 4.69) is 11.4 Å². The van der Waals surface area contributed by atoms with Gasteiger partial charge in [-0.15, -0.1) is 0 Å². The normalized spacial score (nSPS) is 21.8. The molecule has 0 aromatic carbocycles. The first-order chi connectivity index (χ1) is 12.5. The summed E-state index contributed by atoms with van der Waals surface area (Å²) in [6.45, 7) is 2.21. The van der Waals surface area contributed by atoms with Gasteiger partial charge in [0.2, 0.25) is 0 Å². The van der Waals surface area contributed by atoms with Crippen molar-refractivity contribution >= 4 is 14.1 Å². The summed E-state index contributed by atoms with van der Waals surface area (Å²) in [5.41, 5.74) is 0. The molecule has 1 aliphatic rings. The Balaban J connectivity index is 0.00000676. The van der Waals surface area contributed by atoms with E-state index in [0.717, 1.165) is 19.3 Å². The predicted molar refractivity (Wildman–Crippen MR) is 107 cm³/mol. The molecule has 2 unspecified atom stereocenters. The van der Waals surface area contributed by atoms with Crippen LogP contribution >= 0.6 is 8.17 Å². The number of esters is 1. The van der Waals surface area contributed by atoms with Gasteiger partial charge in [-0.2, -0.15) is 13.9 Å². The summed E-state index contributed by atoms with van der Waals surface area (Å²) in [5, 5.41) is 0. The molecule has 27 heavy (non-hydrogen) atoms. The highest BCUT2D eigenvalue weighted by atomic mass is 31.2. The lowest BCUT2D eigenvalue weighted by Gasteiger charge is -2.12. The van der Waals surface area contributed by atoms with Crippen LogP contribution in [0.4, 0.5) is 0 Å². The van der Waals surface area contributed by atoms with E-state index in [4.69, 9.17) is 14.2 Å². The monoisotopic (exact) mass is 410 g/mol. The summed E-state index contributed by atoms with van der Waals surface area (Å²) >= 11 is 0. The average Bonchev–Trinajstić information content (AvgIpc) is 2.96. The molecule has 0 saturated carbocycles. The fourth-order valence-electron chi connectivity index (χ4n) is 3.05. The second-order valence-electron chi connectivity index (χ2n) is 7.17. The maximum Gasteiger partial charge on any atom is 0.377 e. The third-order valence-corrected chi connectivity index (χ3v) is 5.66. The van der Waals surface area contributed by atoms with Crippen LogP contribution in [0, 0.1) is 0 Å². The van der Waals surface area contributed by atoms with Gasteiger partial charge in [-0.3, -0.25) is 4.79 Å². The van der Waals surface area contributed by atoms with Gasteiger partial charge in [0, 0.05) is 6.42 Å². The van der Waals surface area contributed by atoms with Crippen molar-refractivity contribution < 1.29 is 28.4 Å². The molecular formula is C19H41NO6P+. The Morgan fingerprint density at radius 1 is 1.00 bits per heavy atom. The highest BCUT2D eigenvalue weighted by Gasteiger charge is 2.41. The Labute approximate surface area is 165 Å². The van der Waals surface area contributed by atoms with Gasteiger partial charge in [0.25, 0.3) is 0 Å². The minimum absolute atomic E-state index is 0. The summed E-state index contributed by atoms with van der Waals surface area (Å²) in [6.07, 6.45) is 16.2. The molecule has 2 atom stereocenters. The van der Waals surface area contributed by atoms with Crippen LogP contribution in [0.15, 0.2) is 0 Å². The van der Waals surface area contributed by atoms with Crippen LogP contribution in [-0.2, 0) is 18.6 Å². The number of carbonyl (C=O) groups excluding carboxylic acids is 1. The highest BCUT2D eigenvalue weighted by molar-refractivity contribution is 7.53. The predicted octanol–water partition coefficient (Wildman–Crippen LogP) is 4.83. The van der Waals surface area contributed by atoms with Gasteiger partial charge >= 0.3 is 14.1 Å². The molecule has 7 nitrogen and oxygen atoms in total. The number of carbonyl (C=O) groups is 1. The van der Waals surface area contributed by atoms with Crippen LogP contribution in [0.3, 0.4) is 0 Å². The number of rotatable bonds is 16. The third kappa shape index (κ3) is 15.3. The van der Waals surface area contributed by atoms with Crippen LogP contribution in [0.5, 0.6) is 0 Å². The number of unbranched alkanes of at least 4 members (excludes halogenated alkanes) is 12. The van der Waals surface area contributed by atoms with Gasteiger partial charge in [0.05, 0.1) is 0 Å². The molecule has 0 bridgehead atoms. The summed E-state index contributed by atoms with van der Waals surface area (Å²) in [6, 6.07) is 0. The fourth-order valence-corrected chi connectivity index (χ4v) is 3.96. The minimum atomic E-state index is -3.90. The van der Waals surface area contributed by atoms with Gasteiger partial charge in [0.1, 0.15) is 13.2 Å². The number of phosphoric acid groups is 1. The lowest BCUT2D eigenvalue weighted by molar-refractivity contribution is -0.232. The smallest absolute Gasteiger partial charge is 0.377 e. The van der Waals surface area contributed by atoms with Crippen molar-refractivity contribution in [3.63, 3.8) is 0 Å². The second-order valence-corrected chi connectivity index (χ2v) is 8.57. The number of quaternary nitrogens is 1. The molecule has 0 aliphatic carbocycles. The summed E-state index contributed by atoms with van der Waals surface area (Å²) in [7, 11) is -3.90. The van der Waals surface area contributed by atoms with Gasteiger partial charge in [-0.1, -0.05) is 84.0 Å². The Morgan fingerprint density at radius 2 is 1.48 bits per heavy atom. The Bertz CT molecular complexity index is 370. The standard InChI is InChI=1S/C19H37O6P.H3N/c1-2-3-4-5-6-7-8-9-10-11-12-13-14-15-19(20)23-16-18-17-24-26(21,22)25-18;/h18H,2-17H2,1H3,(H,21,22);1H3/p+1. The molecule has 8 heteroatoms. The van der Waals surface area contributed by atoms with Crippen molar-refractivity contribution in [2.24, 2.45) is 0 Å². The van der Waals surface area contributed by atoms with E-state index in [1.807, 2.05) is 0 Å². The van der Waals surface area contributed by atoms with Crippen molar-refractivity contribution in [3.05, 3.63) is 0 Å². The van der Waals surface area contributed by atoms with Crippen LogP contribution < -0.4 is 11.0 Å². The zero-order valence-corrected chi connectivity index (χ0v) is 18.2. The molecule has 162 valence electrons. The van der Waals surface area contributed by atoms with E-state index in [9.17, 15) is 9.69 Å². The van der Waals surface area contributed by atoms with Gasteiger partial charge in [0.15, 0.2) is 6.10 Å². The van der Waals surface area contributed by atoms with Crippen LogP contribution in [0.1, 0.15) is 96.8 Å². The molecule has 0 radical (unpaired) electrons. The van der Waals surface area contributed by atoms with Crippen LogP contribution in [-0.4, -0.2) is 30.2 Å². The topological polar surface area (TPSA) is 125 Å². The zero-order chi connectivity index (χ0) is 19.1. The van der Waals surface area contributed by atoms with Crippen molar-refractivity contribution in [1.82, 2.24) is 6.15 Å². The molecule has 1 rings (SSSR count). The SMILES string of the molecule is CCCCCCCCCCCCCCCC(=O)OCC1CO[P+]([O-])(O)O1.[NH4+]. The molecule has 1 heterocycles. The van der Waals surface area contributed by atoms with Gasteiger partial charge < -0.3 is 15.8 Å². The Hall–Kier alpha value is -0.300. The maximum absolute atomic E-state index is 11.6. The molecule has 1 saturated heterocycles. The number of hydrogen-bond donors (Lipinski definition) is 2. The van der Waals surface area contributed by atoms with Crippen LogP contribution in [0.25, 0.3) is 0 Å². The van der Waals surface area contributed by atoms with Gasteiger partial charge in [-0.05, 0) is 6.42 Å². The first-order valence-electron chi connectivity index (χ1n) is 10.3. The fraction of sp³-hybridized carbons (Fsp3) is 0.947. The van der Waals surface area contributed by atoms with Gasteiger partial charge in [-0.25, -0.2) is 0 Å². The average molecular weight is 411 g/mol. The lowest BCUT2D eigenvalue weighted by Crippen LogP contribution is -2.21. The van der Waals surface area contributed by atoms with E-state index in [0.29, 0.717) is 6.42 Å². The van der Waals surface area contributed by atoms with Crippen molar-refractivity contribution in [1.29, 1.82) is 0 Å². The summed E-state index contributed by atoms with van der Waals surface area (Å²) < 4.78 is 14.3. The Morgan fingerprint density at radius 3 is 1.93 bits per heavy atom. The zero-order valence-electron chi connectivity index (χ0n) is 17.3. The molecular weight excluding hydrogens is 369 g/mol. The molecule has 0 aromatic heterocycles. The second kappa shape index (κ2) is 16.6. The maximum atomic E-state index is 11.6. The van der Waals surface area contributed by atoms with E-state index < -0.39 is 14.3 Å². The molecule has 0 aromatic rings. The first kappa shape index (κ1) is 26.7. The quantitative estimate of drug-likeness (QED) is 0.213. The Kier molecular flexibility index (Phi) is 16.5. The molecule has 0 amide bonds. The van der Waals surface area contributed by atoms with E-state index in [1.54, 1.807) is 0 Å². The summed E-state index contributed by atoms with van der Waals surface area (Å²) in [5.74, 6) is -0.281.